The monoisotopic (exact) mass is 157 g/mol. The molecule has 1 atom stereocenters. The summed E-state index contributed by atoms with van der Waals surface area (Å²) >= 11 is 0. The van der Waals surface area contributed by atoms with Crippen molar-refractivity contribution in [2.45, 2.75) is 13.3 Å². The summed E-state index contributed by atoms with van der Waals surface area (Å²) in [6.07, 6.45) is 0.526. The normalized spacial score (nSPS) is 29.8. The summed E-state index contributed by atoms with van der Waals surface area (Å²) in [6.45, 7) is 2.16. The molecule has 1 fully saturated rings. The molecule has 1 saturated heterocycles. The molecule has 11 heavy (non-hydrogen) atoms. The maximum absolute atomic E-state index is 11.1. The van der Waals surface area contributed by atoms with E-state index in [0.29, 0.717) is 13.0 Å². The number of ether oxygens (including phenoxy) is 1. The van der Waals surface area contributed by atoms with Gasteiger partial charge in [-0.1, -0.05) is 0 Å². The molecule has 62 valence electrons. The summed E-state index contributed by atoms with van der Waals surface area (Å²) in [5.74, 6) is -0.683. The predicted molar refractivity (Wildman–Crippen MR) is 37.7 cm³/mol. The van der Waals surface area contributed by atoms with Gasteiger partial charge in [0, 0.05) is 6.54 Å². The van der Waals surface area contributed by atoms with Crippen molar-refractivity contribution in [2.24, 2.45) is 5.41 Å². The second-order valence-electron chi connectivity index (χ2n) is 2.83. The Bertz CT molecular complexity index is 202. The van der Waals surface area contributed by atoms with Gasteiger partial charge in [0.1, 0.15) is 5.41 Å². The molecule has 1 heterocycles. The Morgan fingerprint density at radius 3 is 2.73 bits per heavy atom. The number of carbonyl (C=O) groups excluding carboxylic acids is 2. The second kappa shape index (κ2) is 2.53. The van der Waals surface area contributed by atoms with Gasteiger partial charge in [0.15, 0.2) is 0 Å². The van der Waals surface area contributed by atoms with Crippen LogP contribution in [0.5, 0.6) is 0 Å². The maximum Gasteiger partial charge on any atom is 0.321 e. The summed E-state index contributed by atoms with van der Waals surface area (Å²) in [5.41, 5.74) is -0.950. The molecular weight excluding hydrogens is 146 g/mol. The Balaban J connectivity index is 2.80. The molecule has 1 amide bonds. The van der Waals surface area contributed by atoms with Gasteiger partial charge in [-0.25, -0.2) is 0 Å². The fourth-order valence-electron chi connectivity index (χ4n) is 1.15. The van der Waals surface area contributed by atoms with Crippen molar-refractivity contribution in [3.8, 4) is 0 Å². The highest BCUT2D eigenvalue weighted by atomic mass is 16.5. The number of methoxy groups -OCH3 is 1. The van der Waals surface area contributed by atoms with Gasteiger partial charge in [-0.3, -0.25) is 9.59 Å². The van der Waals surface area contributed by atoms with Crippen LogP contribution in [-0.4, -0.2) is 25.5 Å². The average molecular weight is 157 g/mol. The number of amides is 1. The highest BCUT2D eigenvalue weighted by Gasteiger charge is 2.45. The Labute approximate surface area is 64.9 Å². The first-order chi connectivity index (χ1) is 5.11. The van der Waals surface area contributed by atoms with Crippen LogP contribution in [0.25, 0.3) is 0 Å². The van der Waals surface area contributed by atoms with Gasteiger partial charge >= 0.3 is 5.97 Å². The quantitative estimate of drug-likeness (QED) is 0.419. The largest absolute Gasteiger partial charge is 0.468 e. The smallest absolute Gasteiger partial charge is 0.321 e. The summed E-state index contributed by atoms with van der Waals surface area (Å²) in [7, 11) is 1.29. The van der Waals surface area contributed by atoms with Gasteiger partial charge in [0.05, 0.1) is 7.11 Å². The summed E-state index contributed by atoms with van der Waals surface area (Å²) in [5, 5.41) is 2.59. The number of esters is 1. The van der Waals surface area contributed by atoms with Crippen molar-refractivity contribution in [1.82, 2.24) is 5.32 Å². The molecule has 1 aliphatic rings. The molecule has 1 rings (SSSR count). The molecule has 0 bridgehead atoms. The lowest BCUT2D eigenvalue weighted by Crippen LogP contribution is -2.36. The van der Waals surface area contributed by atoms with E-state index in [-0.39, 0.29) is 5.91 Å². The molecule has 1 aliphatic heterocycles. The molecule has 0 aromatic heterocycles. The van der Waals surface area contributed by atoms with Crippen LogP contribution >= 0.6 is 0 Å². The summed E-state index contributed by atoms with van der Waals surface area (Å²) < 4.78 is 4.51. The molecule has 0 aromatic rings. The maximum atomic E-state index is 11.1. The fraction of sp³-hybridized carbons (Fsp3) is 0.714. The first-order valence-electron chi connectivity index (χ1n) is 3.48. The first-order valence-corrected chi connectivity index (χ1v) is 3.48. The number of nitrogens with one attached hydrogen (secondary N) is 1. The molecule has 0 spiro atoms. The molecule has 4 nitrogen and oxygen atoms in total. The van der Waals surface area contributed by atoms with E-state index in [1.54, 1.807) is 6.92 Å². The van der Waals surface area contributed by atoms with E-state index in [2.05, 4.69) is 10.1 Å². The lowest BCUT2D eigenvalue weighted by atomic mass is 9.89. The molecule has 0 saturated carbocycles. The zero-order valence-electron chi connectivity index (χ0n) is 6.64. The van der Waals surface area contributed by atoms with Crippen molar-refractivity contribution in [3.05, 3.63) is 0 Å². The lowest BCUT2D eigenvalue weighted by molar-refractivity contribution is -0.155. The fourth-order valence-corrected chi connectivity index (χ4v) is 1.15. The van der Waals surface area contributed by atoms with Crippen LogP contribution in [0.15, 0.2) is 0 Å². The van der Waals surface area contributed by atoms with E-state index in [9.17, 15) is 9.59 Å². The van der Waals surface area contributed by atoms with Crippen molar-refractivity contribution in [2.75, 3.05) is 13.7 Å². The first kappa shape index (κ1) is 8.04. The number of hydrogen-bond donors (Lipinski definition) is 1. The van der Waals surface area contributed by atoms with Crippen LogP contribution in [0, 0.1) is 5.41 Å². The summed E-state index contributed by atoms with van der Waals surface area (Å²) in [4.78, 5) is 22.1. The minimum atomic E-state index is -0.950. The third-order valence-electron chi connectivity index (χ3n) is 2.05. The van der Waals surface area contributed by atoms with Crippen LogP contribution in [0.1, 0.15) is 13.3 Å². The Morgan fingerprint density at radius 1 is 1.73 bits per heavy atom. The Hall–Kier alpha value is -1.06. The number of rotatable bonds is 1. The Morgan fingerprint density at radius 2 is 2.36 bits per heavy atom. The highest BCUT2D eigenvalue weighted by molar-refractivity contribution is 6.03. The molecule has 1 unspecified atom stereocenters. The molecule has 1 N–H and O–H groups in total. The van der Waals surface area contributed by atoms with Gasteiger partial charge in [0.25, 0.3) is 0 Å². The van der Waals surface area contributed by atoms with Crippen LogP contribution in [0.3, 0.4) is 0 Å². The van der Waals surface area contributed by atoms with E-state index in [1.165, 1.54) is 7.11 Å². The van der Waals surface area contributed by atoms with Crippen LogP contribution in [0.2, 0.25) is 0 Å². The molecule has 4 heteroatoms. The van der Waals surface area contributed by atoms with Crippen molar-refractivity contribution in [3.63, 3.8) is 0 Å². The van der Waals surface area contributed by atoms with Gasteiger partial charge in [0.2, 0.25) is 5.91 Å². The standard InChI is InChI=1S/C7H11NO3/c1-7(6(10)11-2)3-4-8-5(7)9/h3-4H2,1-2H3,(H,8,9). The highest BCUT2D eigenvalue weighted by Crippen LogP contribution is 2.26. The average Bonchev–Trinajstić information content (AvgIpc) is 2.32. The van der Waals surface area contributed by atoms with Gasteiger partial charge in [-0.15, -0.1) is 0 Å². The predicted octanol–water partition coefficient (Wildman–Crippen LogP) is -0.314. The zero-order chi connectivity index (χ0) is 8.48. The summed E-state index contributed by atoms with van der Waals surface area (Å²) in [6, 6.07) is 0. The second-order valence-corrected chi connectivity index (χ2v) is 2.83. The number of carbonyl (C=O) groups is 2. The van der Waals surface area contributed by atoms with E-state index in [0.717, 1.165) is 0 Å². The van der Waals surface area contributed by atoms with E-state index in [4.69, 9.17) is 0 Å². The van der Waals surface area contributed by atoms with Gasteiger partial charge in [-0.2, -0.15) is 0 Å². The molecule has 0 aromatic carbocycles. The minimum absolute atomic E-state index is 0.232. The molecule has 0 radical (unpaired) electrons. The van der Waals surface area contributed by atoms with E-state index < -0.39 is 11.4 Å². The van der Waals surface area contributed by atoms with Gasteiger partial charge in [-0.05, 0) is 13.3 Å². The minimum Gasteiger partial charge on any atom is -0.468 e. The van der Waals surface area contributed by atoms with Gasteiger partial charge < -0.3 is 10.1 Å². The topological polar surface area (TPSA) is 55.4 Å². The number of hydrogen-bond acceptors (Lipinski definition) is 3. The van der Waals surface area contributed by atoms with E-state index >= 15 is 0 Å². The SMILES string of the molecule is COC(=O)C1(C)CCNC1=O. The van der Waals surface area contributed by atoms with Crippen LogP contribution in [-0.2, 0) is 14.3 Å². The van der Waals surface area contributed by atoms with Crippen molar-refractivity contribution < 1.29 is 14.3 Å². The third-order valence-corrected chi connectivity index (χ3v) is 2.05. The van der Waals surface area contributed by atoms with Crippen LogP contribution in [0.4, 0.5) is 0 Å². The molecule has 0 aliphatic carbocycles. The van der Waals surface area contributed by atoms with Crippen LogP contribution < -0.4 is 5.32 Å². The molecular formula is C7H11NO3. The zero-order valence-corrected chi connectivity index (χ0v) is 6.64. The van der Waals surface area contributed by atoms with Crippen molar-refractivity contribution >= 4 is 11.9 Å². The lowest BCUT2D eigenvalue weighted by Gasteiger charge is -2.15. The Kier molecular flexibility index (Phi) is 1.85. The third kappa shape index (κ3) is 1.08. The van der Waals surface area contributed by atoms with E-state index in [1.807, 2.05) is 0 Å². The van der Waals surface area contributed by atoms with Crippen molar-refractivity contribution in [1.29, 1.82) is 0 Å².